The quantitative estimate of drug-likeness (QED) is 0.305. The number of furan rings is 2. The van der Waals surface area contributed by atoms with Gasteiger partial charge in [0.05, 0.1) is 0 Å². The third-order valence-corrected chi connectivity index (χ3v) is 5.68. The normalized spacial score (nSPS) is 11.8. The second-order valence-electron chi connectivity index (χ2n) is 7.52. The van der Waals surface area contributed by atoms with Crippen LogP contribution < -0.4 is 0 Å². The molecule has 6 aromatic rings. The Morgan fingerprint density at radius 3 is 2.14 bits per heavy atom. The topological polar surface area (TPSA) is 26.3 Å². The fraction of sp³-hybridized carbons (Fsp3) is 0.0370. The molecule has 0 radical (unpaired) electrons. The van der Waals surface area contributed by atoms with Gasteiger partial charge < -0.3 is 8.83 Å². The van der Waals surface area contributed by atoms with Crippen LogP contribution >= 0.6 is 0 Å². The molecule has 0 spiro atoms. The first-order chi connectivity index (χ1) is 14.2. The van der Waals surface area contributed by atoms with Crippen molar-refractivity contribution in [2.24, 2.45) is 0 Å². The standard InChI is InChI=1S/C27H18O2/c1-16(2)17-9-6-14-23-25(17)26-19(10-7-15-24(26)28-23)21-12-5-11-20-18-8-3-4-13-22(18)29-27(20)21/h3-15H,1H2,2H3. The molecule has 2 heterocycles. The van der Waals surface area contributed by atoms with Crippen LogP contribution in [-0.4, -0.2) is 0 Å². The molecule has 0 aliphatic rings. The average molecular weight is 374 g/mol. The van der Waals surface area contributed by atoms with Crippen molar-refractivity contribution in [3.8, 4) is 11.1 Å². The fourth-order valence-electron chi connectivity index (χ4n) is 4.41. The lowest BCUT2D eigenvalue weighted by Gasteiger charge is -2.07. The molecule has 2 nitrogen and oxygen atoms in total. The third-order valence-electron chi connectivity index (χ3n) is 5.68. The summed E-state index contributed by atoms with van der Waals surface area (Å²) in [6.07, 6.45) is 0. The first-order valence-electron chi connectivity index (χ1n) is 9.73. The van der Waals surface area contributed by atoms with Crippen LogP contribution in [0.15, 0.2) is 94.3 Å². The van der Waals surface area contributed by atoms with Gasteiger partial charge in [-0.25, -0.2) is 0 Å². The van der Waals surface area contributed by atoms with E-state index in [4.69, 9.17) is 8.83 Å². The highest BCUT2D eigenvalue weighted by Crippen LogP contribution is 2.43. The lowest BCUT2D eigenvalue weighted by atomic mass is 9.94. The van der Waals surface area contributed by atoms with Crippen LogP contribution in [0.1, 0.15) is 12.5 Å². The number of rotatable bonds is 2. The summed E-state index contributed by atoms with van der Waals surface area (Å²) in [6.45, 7) is 6.22. The molecule has 0 bridgehead atoms. The Balaban J connectivity index is 1.79. The van der Waals surface area contributed by atoms with Crippen LogP contribution in [0.25, 0.3) is 60.6 Å². The maximum absolute atomic E-state index is 6.31. The van der Waals surface area contributed by atoms with Gasteiger partial charge in [-0.3, -0.25) is 0 Å². The van der Waals surface area contributed by atoms with E-state index >= 15 is 0 Å². The summed E-state index contributed by atoms with van der Waals surface area (Å²) in [5, 5.41) is 4.48. The fourth-order valence-corrected chi connectivity index (χ4v) is 4.41. The van der Waals surface area contributed by atoms with Gasteiger partial charge in [-0.05, 0) is 36.2 Å². The number of para-hydroxylation sites is 2. The maximum Gasteiger partial charge on any atom is 0.143 e. The van der Waals surface area contributed by atoms with Gasteiger partial charge in [0.1, 0.15) is 22.3 Å². The molecular formula is C27H18O2. The van der Waals surface area contributed by atoms with E-state index in [1.807, 2.05) is 49.4 Å². The Bertz CT molecular complexity index is 1580. The molecule has 0 aliphatic heterocycles. The van der Waals surface area contributed by atoms with Crippen molar-refractivity contribution in [2.45, 2.75) is 6.92 Å². The van der Waals surface area contributed by atoms with Crippen molar-refractivity contribution in [1.82, 2.24) is 0 Å². The largest absolute Gasteiger partial charge is 0.456 e. The molecule has 0 saturated carbocycles. The van der Waals surface area contributed by atoms with Gasteiger partial charge in [-0.1, -0.05) is 72.8 Å². The Kier molecular flexibility index (Phi) is 3.27. The van der Waals surface area contributed by atoms with Crippen molar-refractivity contribution in [1.29, 1.82) is 0 Å². The molecule has 0 aliphatic carbocycles. The zero-order valence-corrected chi connectivity index (χ0v) is 16.0. The van der Waals surface area contributed by atoms with Gasteiger partial charge in [0.25, 0.3) is 0 Å². The molecule has 2 aromatic heterocycles. The van der Waals surface area contributed by atoms with Gasteiger partial charge in [0.2, 0.25) is 0 Å². The Morgan fingerprint density at radius 1 is 0.621 bits per heavy atom. The third kappa shape index (κ3) is 2.23. The van der Waals surface area contributed by atoms with Crippen molar-refractivity contribution < 1.29 is 8.83 Å². The van der Waals surface area contributed by atoms with Crippen molar-refractivity contribution in [3.63, 3.8) is 0 Å². The highest BCUT2D eigenvalue weighted by molar-refractivity contribution is 6.19. The summed E-state index contributed by atoms with van der Waals surface area (Å²) in [5.41, 5.74) is 7.89. The molecule has 0 N–H and O–H groups in total. The molecule has 0 saturated heterocycles. The van der Waals surface area contributed by atoms with Gasteiger partial charge in [0, 0.05) is 27.1 Å². The summed E-state index contributed by atoms with van der Waals surface area (Å²) in [6, 6.07) is 26.9. The molecule has 138 valence electrons. The van der Waals surface area contributed by atoms with E-state index in [9.17, 15) is 0 Å². The van der Waals surface area contributed by atoms with E-state index in [0.29, 0.717) is 0 Å². The number of hydrogen-bond donors (Lipinski definition) is 0. The van der Waals surface area contributed by atoms with Crippen LogP contribution in [-0.2, 0) is 0 Å². The summed E-state index contributed by atoms with van der Waals surface area (Å²) < 4.78 is 12.5. The van der Waals surface area contributed by atoms with Crippen LogP contribution in [0, 0.1) is 0 Å². The lowest BCUT2D eigenvalue weighted by molar-refractivity contribution is 0.668. The Morgan fingerprint density at radius 2 is 1.28 bits per heavy atom. The van der Waals surface area contributed by atoms with Gasteiger partial charge in [-0.15, -0.1) is 0 Å². The van der Waals surface area contributed by atoms with E-state index in [2.05, 4.69) is 43.0 Å². The van der Waals surface area contributed by atoms with Crippen LogP contribution in [0.3, 0.4) is 0 Å². The smallest absolute Gasteiger partial charge is 0.143 e. The first kappa shape index (κ1) is 16.2. The second-order valence-corrected chi connectivity index (χ2v) is 7.52. The van der Waals surface area contributed by atoms with Crippen molar-refractivity contribution in [2.75, 3.05) is 0 Å². The van der Waals surface area contributed by atoms with E-state index in [1.54, 1.807) is 0 Å². The molecule has 0 atom stereocenters. The molecule has 0 fully saturated rings. The molecule has 29 heavy (non-hydrogen) atoms. The minimum atomic E-state index is 0.874. The predicted molar refractivity (Wildman–Crippen MR) is 121 cm³/mol. The highest BCUT2D eigenvalue weighted by Gasteiger charge is 2.18. The van der Waals surface area contributed by atoms with Crippen molar-refractivity contribution in [3.05, 3.63) is 91.0 Å². The number of benzene rings is 4. The lowest BCUT2D eigenvalue weighted by Crippen LogP contribution is -1.84. The Hall–Kier alpha value is -3.78. The van der Waals surface area contributed by atoms with Crippen LogP contribution in [0.2, 0.25) is 0 Å². The summed E-state index contributed by atoms with van der Waals surface area (Å²) in [4.78, 5) is 0. The first-order valence-corrected chi connectivity index (χ1v) is 9.73. The van der Waals surface area contributed by atoms with E-state index in [-0.39, 0.29) is 0 Å². The molecule has 6 rings (SSSR count). The second kappa shape index (κ2) is 5.86. The predicted octanol–water partition coefficient (Wildman–Crippen LogP) is 8.19. The molecule has 0 unspecified atom stereocenters. The molecule has 4 aromatic carbocycles. The van der Waals surface area contributed by atoms with Gasteiger partial charge >= 0.3 is 0 Å². The van der Waals surface area contributed by atoms with E-state index in [1.165, 1.54) is 0 Å². The van der Waals surface area contributed by atoms with Crippen molar-refractivity contribution >= 4 is 49.5 Å². The summed E-state index contributed by atoms with van der Waals surface area (Å²) in [7, 11) is 0. The Labute approximate surface area is 167 Å². The monoisotopic (exact) mass is 374 g/mol. The van der Waals surface area contributed by atoms with Gasteiger partial charge in [0.15, 0.2) is 0 Å². The molecule has 2 heteroatoms. The zero-order valence-electron chi connectivity index (χ0n) is 16.0. The van der Waals surface area contributed by atoms with Crippen LogP contribution in [0.5, 0.6) is 0 Å². The SMILES string of the molecule is C=C(C)c1cccc2oc3cccc(-c4cccc5c4oc4ccccc45)c3c12. The molecular weight excluding hydrogens is 356 g/mol. The van der Waals surface area contributed by atoms with Crippen LogP contribution in [0.4, 0.5) is 0 Å². The summed E-state index contributed by atoms with van der Waals surface area (Å²) in [5.74, 6) is 0. The maximum atomic E-state index is 6.31. The summed E-state index contributed by atoms with van der Waals surface area (Å²) >= 11 is 0. The molecule has 0 amide bonds. The number of fused-ring (bicyclic) bond motifs is 6. The zero-order chi connectivity index (χ0) is 19.5. The number of allylic oxidation sites excluding steroid dienone is 1. The highest BCUT2D eigenvalue weighted by atomic mass is 16.3. The minimum absolute atomic E-state index is 0.874. The van der Waals surface area contributed by atoms with E-state index < -0.39 is 0 Å². The van der Waals surface area contributed by atoms with Gasteiger partial charge in [-0.2, -0.15) is 0 Å². The number of hydrogen-bond acceptors (Lipinski definition) is 2. The average Bonchev–Trinajstić information content (AvgIpc) is 3.31. The van der Waals surface area contributed by atoms with E-state index in [0.717, 1.165) is 66.1 Å². The minimum Gasteiger partial charge on any atom is -0.456 e.